The highest BCUT2D eigenvalue weighted by Crippen LogP contribution is 2.43. The van der Waals surface area contributed by atoms with Crippen LogP contribution in [0.5, 0.6) is 5.88 Å². The summed E-state index contributed by atoms with van der Waals surface area (Å²) in [5.74, 6) is -0.615. The Morgan fingerprint density at radius 2 is 1.73 bits per heavy atom. The van der Waals surface area contributed by atoms with Crippen molar-refractivity contribution in [3.63, 3.8) is 0 Å². The Morgan fingerprint density at radius 3 is 2.50 bits per heavy atom. The van der Waals surface area contributed by atoms with E-state index in [0.717, 1.165) is 26.9 Å². The molecule has 8 rings (SSSR count). The molecule has 2 unspecified atom stereocenters. The summed E-state index contributed by atoms with van der Waals surface area (Å²) in [5, 5.41) is 10.2. The molecule has 0 N–H and O–H groups in total. The van der Waals surface area contributed by atoms with Crippen LogP contribution >= 0.6 is 11.8 Å². The van der Waals surface area contributed by atoms with Crippen LogP contribution in [-0.4, -0.2) is 56.1 Å². The lowest BCUT2D eigenvalue weighted by atomic mass is 9.73. The van der Waals surface area contributed by atoms with Gasteiger partial charge in [-0.2, -0.15) is 5.10 Å². The Morgan fingerprint density at radius 1 is 0.935 bits per heavy atom. The predicted octanol–water partition coefficient (Wildman–Crippen LogP) is 9.59. The molecule has 0 amide bonds. The molecule has 0 saturated carbocycles. The van der Waals surface area contributed by atoms with E-state index in [1.54, 1.807) is 72.0 Å². The zero-order valence-corrected chi connectivity index (χ0v) is 37.1. The third-order valence-electron chi connectivity index (χ3n) is 11.6. The van der Waals surface area contributed by atoms with Gasteiger partial charge in [-0.05, 0) is 91.6 Å². The summed E-state index contributed by atoms with van der Waals surface area (Å²) < 4.78 is 76.3. The number of benzene rings is 4. The van der Waals surface area contributed by atoms with Crippen LogP contribution in [0.4, 0.5) is 8.78 Å². The van der Waals surface area contributed by atoms with E-state index in [0.29, 0.717) is 65.9 Å². The molecule has 3 aromatic heterocycles. The van der Waals surface area contributed by atoms with Crippen molar-refractivity contribution < 1.29 is 31.5 Å². The maximum absolute atomic E-state index is 16.7. The molecule has 0 fully saturated rings. The van der Waals surface area contributed by atoms with Gasteiger partial charge in [0.25, 0.3) is 10.0 Å². The van der Waals surface area contributed by atoms with Crippen LogP contribution < -0.4 is 4.74 Å². The average Bonchev–Trinajstić information content (AvgIpc) is 4.00. The Bertz CT molecular complexity index is 2910. The predicted molar refractivity (Wildman–Crippen MR) is 234 cm³/mol. The molecule has 11 nitrogen and oxygen atoms in total. The van der Waals surface area contributed by atoms with E-state index in [2.05, 4.69) is 26.8 Å². The lowest BCUT2D eigenvalue weighted by molar-refractivity contribution is -0.147. The number of rotatable bonds is 7. The molecular weight excluding hydrogens is 831 g/mol. The van der Waals surface area contributed by atoms with Gasteiger partial charge in [-0.1, -0.05) is 75.0 Å². The molecule has 0 aliphatic carbocycles. The van der Waals surface area contributed by atoms with Crippen LogP contribution in [0.1, 0.15) is 70.0 Å². The van der Waals surface area contributed by atoms with E-state index in [1.807, 2.05) is 25.1 Å². The first-order valence-corrected chi connectivity index (χ1v) is 22.8. The van der Waals surface area contributed by atoms with Crippen molar-refractivity contribution in [2.75, 3.05) is 13.2 Å². The SMILES string of the molecule is CCOC(=O)C(C)Cc1cccc(C2(C)CCC(C)(C)COc3ccn(n3)Cc3c(c(F)cc4c3ccn4S(=O)(=O)c3ccccc3)Sc3ccc(F)c(c3)-c3nc2nn3C)c1. The van der Waals surface area contributed by atoms with Gasteiger partial charge in [0.05, 0.1) is 52.0 Å². The van der Waals surface area contributed by atoms with Crippen molar-refractivity contribution in [3.8, 4) is 17.3 Å². The molecule has 4 heterocycles. The molecule has 15 heteroatoms. The number of aromatic nitrogens is 6. The van der Waals surface area contributed by atoms with Crippen LogP contribution in [0.2, 0.25) is 0 Å². The summed E-state index contributed by atoms with van der Waals surface area (Å²) >= 11 is 1.10. The largest absolute Gasteiger partial charge is 0.476 e. The number of fused-ring (bicyclic) bond motifs is 10. The monoisotopic (exact) mass is 878 g/mol. The third kappa shape index (κ3) is 8.39. The first-order chi connectivity index (χ1) is 29.6. The zero-order valence-electron chi connectivity index (χ0n) is 35.4. The first-order valence-electron chi connectivity index (χ1n) is 20.5. The number of carbonyl (C=O) groups excluding carboxylic acids is 1. The topological polar surface area (TPSA) is 123 Å². The second-order valence-corrected chi connectivity index (χ2v) is 19.7. The molecular formula is C47H48F2N6O5S2. The van der Waals surface area contributed by atoms with Crippen LogP contribution in [0.3, 0.4) is 0 Å². The molecule has 0 saturated heterocycles. The first kappa shape index (κ1) is 42.9. The molecule has 4 aromatic carbocycles. The van der Waals surface area contributed by atoms with E-state index in [4.69, 9.17) is 24.7 Å². The van der Waals surface area contributed by atoms with E-state index in [9.17, 15) is 13.2 Å². The number of halogens is 2. The van der Waals surface area contributed by atoms with Gasteiger partial charge >= 0.3 is 5.97 Å². The van der Waals surface area contributed by atoms with Gasteiger partial charge in [-0.3, -0.25) is 9.48 Å². The number of hydrogen-bond donors (Lipinski definition) is 0. The zero-order chi connectivity index (χ0) is 44.0. The summed E-state index contributed by atoms with van der Waals surface area (Å²) in [5.41, 5.74) is 1.61. The minimum Gasteiger partial charge on any atom is -0.476 e. The van der Waals surface area contributed by atoms with Crippen LogP contribution in [-0.2, 0) is 45.0 Å². The number of nitrogens with zero attached hydrogens (tertiary/aromatic N) is 6. The maximum atomic E-state index is 16.7. The summed E-state index contributed by atoms with van der Waals surface area (Å²) in [4.78, 5) is 18.5. The molecule has 0 spiro atoms. The fraction of sp³-hybridized carbons (Fsp3) is 0.319. The lowest BCUT2D eigenvalue weighted by Crippen LogP contribution is -2.30. The third-order valence-corrected chi connectivity index (χ3v) is 14.4. The number of aryl methyl sites for hydroxylation is 1. The van der Waals surface area contributed by atoms with Crippen LogP contribution in [0, 0.1) is 23.0 Å². The van der Waals surface area contributed by atoms with Gasteiger partial charge in [-0.15, -0.1) is 5.10 Å². The minimum atomic E-state index is -4.07. The molecule has 322 valence electrons. The van der Waals surface area contributed by atoms with Gasteiger partial charge in [-0.25, -0.2) is 30.8 Å². The Kier molecular flexibility index (Phi) is 11.6. The molecule has 6 bridgehead atoms. The second kappa shape index (κ2) is 16.8. The van der Waals surface area contributed by atoms with E-state index < -0.39 is 27.1 Å². The molecule has 0 radical (unpaired) electrons. The van der Waals surface area contributed by atoms with Crippen molar-refractivity contribution in [3.05, 3.63) is 138 Å². The number of ether oxygens (including phenoxy) is 2. The maximum Gasteiger partial charge on any atom is 0.308 e. The lowest BCUT2D eigenvalue weighted by Gasteiger charge is -2.32. The Labute approximate surface area is 364 Å². The summed E-state index contributed by atoms with van der Waals surface area (Å²) in [6.07, 6.45) is 4.94. The fourth-order valence-electron chi connectivity index (χ4n) is 7.92. The van der Waals surface area contributed by atoms with Crippen molar-refractivity contribution in [2.24, 2.45) is 18.4 Å². The molecule has 62 heavy (non-hydrogen) atoms. The van der Waals surface area contributed by atoms with Crippen molar-refractivity contribution in [2.45, 2.75) is 80.5 Å². The average molecular weight is 879 g/mol. The van der Waals surface area contributed by atoms with Crippen molar-refractivity contribution >= 4 is 38.7 Å². The normalized spacial score (nSPS) is 17.3. The summed E-state index contributed by atoms with van der Waals surface area (Å²) in [6, 6.07) is 25.3. The van der Waals surface area contributed by atoms with Crippen molar-refractivity contribution in [1.29, 1.82) is 0 Å². The van der Waals surface area contributed by atoms with Crippen LogP contribution in [0.25, 0.3) is 22.3 Å². The standard InChI is InChI=1S/C47H48F2N6O5S2/c1-7-59-44(56)30(2)24-31-12-11-13-32(25-31)47(5)21-20-46(3,4)29-60-41-19-22-54(51-41)28-37-35-18-23-55(62(57,58)34-14-9-8-10-15-34)40(35)27-39(49)42(37)61-33-16-17-38(48)36(26-33)43-50-45(47)52-53(43)6/h8-19,22-23,25-27,30H,7,20-21,24,28-29H2,1-6H3. The second-order valence-electron chi connectivity index (χ2n) is 16.8. The van der Waals surface area contributed by atoms with Gasteiger partial charge in [0.2, 0.25) is 5.88 Å². The van der Waals surface area contributed by atoms with Gasteiger partial charge in [0.1, 0.15) is 11.6 Å². The van der Waals surface area contributed by atoms with Gasteiger partial charge < -0.3 is 9.47 Å². The fourth-order valence-corrected chi connectivity index (χ4v) is 10.3. The molecule has 7 aromatic rings. The minimum absolute atomic E-state index is 0.0685. The Hall–Kier alpha value is -5.80. The number of carbonyl (C=O) groups is 1. The van der Waals surface area contributed by atoms with E-state index in [1.165, 1.54) is 30.5 Å². The molecule has 2 atom stereocenters. The Balaban J connectivity index is 1.25. The molecule has 1 aliphatic rings. The highest BCUT2D eigenvalue weighted by molar-refractivity contribution is 7.99. The van der Waals surface area contributed by atoms with E-state index in [-0.39, 0.29) is 44.7 Å². The van der Waals surface area contributed by atoms with E-state index >= 15 is 8.78 Å². The smallest absolute Gasteiger partial charge is 0.308 e. The van der Waals surface area contributed by atoms with Crippen LogP contribution in [0.15, 0.2) is 118 Å². The molecule has 1 aliphatic heterocycles. The number of esters is 1. The number of hydrogen-bond acceptors (Lipinski definition) is 9. The highest BCUT2D eigenvalue weighted by Gasteiger charge is 2.37. The van der Waals surface area contributed by atoms with Crippen molar-refractivity contribution in [1.82, 2.24) is 28.5 Å². The quantitative estimate of drug-likeness (QED) is 0.144. The summed E-state index contributed by atoms with van der Waals surface area (Å²) in [7, 11) is -2.34. The highest BCUT2D eigenvalue weighted by atomic mass is 32.2. The van der Waals surface area contributed by atoms with Gasteiger partial charge in [0.15, 0.2) is 11.6 Å². The van der Waals surface area contributed by atoms with Gasteiger partial charge in [0, 0.05) is 41.9 Å². The summed E-state index contributed by atoms with van der Waals surface area (Å²) in [6.45, 7) is 10.7.